The third kappa shape index (κ3) is 2.62. The number of hydrogen-bond donors (Lipinski definition) is 1. The molecular weight excluding hydrogens is 227 g/mol. The summed E-state index contributed by atoms with van der Waals surface area (Å²) >= 11 is 0. The van der Waals surface area contributed by atoms with Crippen LogP contribution in [0.25, 0.3) is 0 Å². The van der Waals surface area contributed by atoms with Crippen LogP contribution in [-0.2, 0) is 16.0 Å². The van der Waals surface area contributed by atoms with E-state index in [1.54, 1.807) is 0 Å². The number of pyridine rings is 1. The molecule has 0 unspecified atom stereocenters. The first kappa shape index (κ1) is 12.3. The highest BCUT2D eigenvalue weighted by Gasteiger charge is 2.17. The van der Waals surface area contributed by atoms with Gasteiger partial charge >= 0.3 is 5.97 Å². The Kier molecular flexibility index (Phi) is 3.70. The van der Waals surface area contributed by atoms with Crippen molar-refractivity contribution in [1.29, 1.82) is 0 Å². The third-order valence-electron chi connectivity index (χ3n) is 1.85. The highest BCUT2D eigenvalue weighted by Crippen LogP contribution is 2.15. The normalized spacial score (nSPS) is 10.6. The van der Waals surface area contributed by atoms with E-state index in [-0.39, 0.29) is 0 Å². The molecule has 0 bridgehead atoms. The summed E-state index contributed by atoms with van der Waals surface area (Å²) in [5, 5.41) is 0. The lowest BCUT2D eigenvalue weighted by molar-refractivity contribution is -0.139. The van der Waals surface area contributed by atoms with Crippen molar-refractivity contribution < 1.29 is 22.7 Å². The molecule has 0 aliphatic heterocycles. The number of carbonyl (C=O) groups excluding carboxylic acids is 1. The molecule has 1 aromatic heterocycles. The number of esters is 1. The predicted octanol–water partition coefficient (Wildman–Crippen LogP) is 1.17. The standard InChI is InChI=1S/C9H8F3NO3/c1-16-7(15)3-4-8(10)6(14)2-5(13-4)9(11)12/h2,9H,3H2,1H3,(H,13,14). The molecule has 0 amide bonds. The van der Waals surface area contributed by atoms with Crippen LogP contribution in [0, 0.1) is 5.82 Å². The fraction of sp³-hybridized carbons (Fsp3) is 0.333. The van der Waals surface area contributed by atoms with Crippen molar-refractivity contribution in [1.82, 2.24) is 4.98 Å². The maximum atomic E-state index is 13.1. The largest absolute Gasteiger partial charge is 0.469 e. The summed E-state index contributed by atoms with van der Waals surface area (Å²) in [6.45, 7) is 0. The summed E-state index contributed by atoms with van der Waals surface area (Å²) < 4.78 is 41.9. The topological polar surface area (TPSA) is 59.2 Å². The molecular formula is C9H8F3NO3. The molecule has 1 aromatic rings. The van der Waals surface area contributed by atoms with Crippen molar-refractivity contribution in [2.24, 2.45) is 0 Å². The van der Waals surface area contributed by atoms with Crippen molar-refractivity contribution in [3.63, 3.8) is 0 Å². The lowest BCUT2D eigenvalue weighted by atomic mass is 10.2. The van der Waals surface area contributed by atoms with Crippen molar-refractivity contribution in [3.8, 4) is 0 Å². The maximum absolute atomic E-state index is 13.1. The highest BCUT2D eigenvalue weighted by atomic mass is 19.3. The van der Waals surface area contributed by atoms with Gasteiger partial charge in [-0.2, -0.15) is 0 Å². The van der Waals surface area contributed by atoms with Crippen LogP contribution < -0.4 is 5.43 Å². The van der Waals surface area contributed by atoms with Crippen LogP contribution in [0.3, 0.4) is 0 Å². The van der Waals surface area contributed by atoms with Gasteiger partial charge in [-0.1, -0.05) is 0 Å². The molecule has 0 aliphatic carbocycles. The number of hydrogen-bond acceptors (Lipinski definition) is 3. The van der Waals surface area contributed by atoms with E-state index in [4.69, 9.17) is 0 Å². The molecule has 1 N–H and O–H groups in total. The lowest BCUT2D eigenvalue weighted by Gasteiger charge is -2.05. The van der Waals surface area contributed by atoms with Gasteiger partial charge in [-0.3, -0.25) is 9.59 Å². The van der Waals surface area contributed by atoms with E-state index >= 15 is 0 Å². The second kappa shape index (κ2) is 4.82. The number of alkyl halides is 2. The van der Waals surface area contributed by atoms with E-state index in [9.17, 15) is 22.8 Å². The molecule has 0 spiro atoms. The summed E-state index contributed by atoms with van der Waals surface area (Å²) in [5.41, 5.74) is -2.42. The van der Waals surface area contributed by atoms with Gasteiger partial charge in [0.05, 0.1) is 24.9 Å². The summed E-state index contributed by atoms with van der Waals surface area (Å²) in [7, 11) is 1.06. The number of methoxy groups -OCH3 is 1. The van der Waals surface area contributed by atoms with Gasteiger partial charge in [0.25, 0.3) is 6.43 Å². The van der Waals surface area contributed by atoms with E-state index < -0.39 is 41.4 Å². The first-order valence-electron chi connectivity index (χ1n) is 4.22. The summed E-state index contributed by atoms with van der Waals surface area (Å²) in [6.07, 6.45) is -3.54. The van der Waals surface area contributed by atoms with Crippen LogP contribution in [0.15, 0.2) is 10.9 Å². The third-order valence-corrected chi connectivity index (χ3v) is 1.85. The maximum Gasteiger partial charge on any atom is 0.311 e. The van der Waals surface area contributed by atoms with Gasteiger partial charge in [0.15, 0.2) is 5.82 Å². The molecule has 0 radical (unpaired) electrons. The van der Waals surface area contributed by atoms with Gasteiger partial charge in [-0.25, -0.2) is 13.2 Å². The number of H-pyrrole nitrogens is 1. The van der Waals surface area contributed by atoms with Gasteiger partial charge in [-0.15, -0.1) is 0 Å². The van der Waals surface area contributed by atoms with Crippen LogP contribution in [0.1, 0.15) is 17.8 Å². The second-order valence-corrected chi connectivity index (χ2v) is 2.94. The van der Waals surface area contributed by atoms with Gasteiger partial charge in [0, 0.05) is 6.07 Å². The average molecular weight is 235 g/mol. The molecule has 88 valence electrons. The number of halogens is 3. The van der Waals surface area contributed by atoms with Crippen molar-refractivity contribution in [2.75, 3.05) is 7.11 Å². The fourth-order valence-corrected chi connectivity index (χ4v) is 1.07. The summed E-state index contributed by atoms with van der Waals surface area (Å²) in [6, 6.07) is 0.459. The Morgan fingerprint density at radius 3 is 2.69 bits per heavy atom. The SMILES string of the molecule is COC(=O)Cc1[nH]c(C(F)F)cc(=O)c1F. The van der Waals surface area contributed by atoms with Crippen LogP contribution in [0.4, 0.5) is 13.2 Å². The Hall–Kier alpha value is -1.79. The molecule has 0 atom stereocenters. The number of aromatic amines is 1. The zero-order chi connectivity index (χ0) is 12.3. The lowest BCUT2D eigenvalue weighted by Crippen LogP contribution is -2.17. The number of aromatic nitrogens is 1. The van der Waals surface area contributed by atoms with Crippen LogP contribution in [0.2, 0.25) is 0 Å². The Morgan fingerprint density at radius 2 is 2.19 bits per heavy atom. The predicted molar refractivity (Wildman–Crippen MR) is 47.7 cm³/mol. The molecule has 0 fully saturated rings. The number of carbonyl (C=O) groups is 1. The molecule has 0 saturated carbocycles. The quantitative estimate of drug-likeness (QED) is 0.800. The Labute approximate surface area is 88.0 Å². The summed E-state index contributed by atoms with van der Waals surface area (Å²) in [4.78, 5) is 23.8. The molecule has 4 nitrogen and oxygen atoms in total. The van der Waals surface area contributed by atoms with Crippen LogP contribution in [0.5, 0.6) is 0 Å². The van der Waals surface area contributed by atoms with Crippen LogP contribution in [-0.4, -0.2) is 18.1 Å². The van der Waals surface area contributed by atoms with E-state index in [0.29, 0.717) is 6.07 Å². The smallest absolute Gasteiger partial charge is 0.311 e. The minimum absolute atomic E-state index is 0.459. The monoisotopic (exact) mass is 235 g/mol. The number of nitrogens with one attached hydrogen (secondary N) is 1. The van der Waals surface area contributed by atoms with Crippen LogP contribution >= 0.6 is 0 Å². The minimum Gasteiger partial charge on any atom is -0.469 e. The highest BCUT2D eigenvalue weighted by molar-refractivity contribution is 5.71. The Morgan fingerprint density at radius 1 is 1.56 bits per heavy atom. The van der Waals surface area contributed by atoms with E-state index in [2.05, 4.69) is 4.74 Å². The Bertz CT molecular complexity index is 456. The summed E-state index contributed by atoms with van der Waals surface area (Å²) in [5.74, 6) is -2.09. The molecule has 1 rings (SSSR count). The Balaban J connectivity index is 3.17. The van der Waals surface area contributed by atoms with Gasteiger partial charge in [0.2, 0.25) is 5.43 Å². The fourth-order valence-electron chi connectivity index (χ4n) is 1.07. The van der Waals surface area contributed by atoms with Gasteiger partial charge in [0.1, 0.15) is 0 Å². The zero-order valence-electron chi connectivity index (χ0n) is 8.22. The minimum atomic E-state index is -2.94. The number of rotatable bonds is 3. The molecule has 16 heavy (non-hydrogen) atoms. The number of ether oxygens (including phenoxy) is 1. The van der Waals surface area contributed by atoms with Crippen molar-refractivity contribution in [2.45, 2.75) is 12.8 Å². The van der Waals surface area contributed by atoms with Crippen molar-refractivity contribution in [3.05, 3.63) is 33.5 Å². The van der Waals surface area contributed by atoms with Gasteiger partial charge in [-0.05, 0) is 0 Å². The van der Waals surface area contributed by atoms with E-state index in [0.717, 1.165) is 7.11 Å². The first-order valence-corrected chi connectivity index (χ1v) is 4.22. The van der Waals surface area contributed by atoms with Crippen molar-refractivity contribution >= 4 is 5.97 Å². The molecule has 1 heterocycles. The van der Waals surface area contributed by atoms with E-state index in [1.165, 1.54) is 0 Å². The second-order valence-electron chi connectivity index (χ2n) is 2.94. The molecule has 0 aromatic carbocycles. The molecule has 0 aliphatic rings. The first-order chi connectivity index (χ1) is 7.45. The average Bonchev–Trinajstić information content (AvgIpc) is 2.23. The zero-order valence-corrected chi connectivity index (χ0v) is 8.22. The van der Waals surface area contributed by atoms with Gasteiger partial charge < -0.3 is 9.72 Å². The molecule has 7 heteroatoms. The van der Waals surface area contributed by atoms with E-state index in [1.807, 2.05) is 4.98 Å². The molecule has 0 saturated heterocycles.